The molecule has 2 rings (SSSR count). The average Bonchev–Trinajstić information content (AvgIpc) is 2.89. The molecule has 0 radical (unpaired) electrons. The molecule has 0 saturated heterocycles. The molecule has 1 heterocycles. The van der Waals surface area contributed by atoms with E-state index in [-0.39, 0.29) is 0 Å². The summed E-state index contributed by atoms with van der Waals surface area (Å²) in [7, 11) is 0. The van der Waals surface area contributed by atoms with Crippen LogP contribution in [0.5, 0.6) is 0 Å². The van der Waals surface area contributed by atoms with Gasteiger partial charge in [0.15, 0.2) is 0 Å². The van der Waals surface area contributed by atoms with Crippen LogP contribution in [0.15, 0.2) is 12.4 Å². The minimum Gasteiger partial charge on any atom is -0.312 e. The topological polar surface area (TPSA) is 29.9 Å². The van der Waals surface area contributed by atoms with Gasteiger partial charge in [-0.3, -0.25) is 4.68 Å². The summed E-state index contributed by atoms with van der Waals surface area (Å²) in [5, 5.41) is 7.91. The van der Waals surface area contributed by atoms with Crippen molar-refractivity contribution in [3.05, 3.63) is 18.0 Å². The predicted molar refractivity (Wildman–Crippen MR) is 70.7 cm³/mol. The van der Waals surface area contributed by atoms with Crippen LogP contribution >= 0.6 is 0 Å². The Morgan fingerprint density at radius 1 is 1.47 bits per heavy atom. The molecule has 17 heavy (non-hydrogen) atoms. The Labute approximate surface area is 105 Å². The number of aryl methyl sites for hydroxylation is 1. The first-order valence-electron chi connectivity index (χ1n) is 7.00. The van der Waals surface area contributed by atoms with Crippen LogP contribution in [0.4, 0.5) is 0 Å². The van der Waals surface area contributed by atoms with E-state index in [0.717, 1.165) is 31.3 Å². The highest BCUT2D eigenvalue weighted by atomic mass is 15.3. The molecular formula is C14H25N3. The third-order valence-corrected chi connectivity index (χ3v) is 3.70. The molecule has 1 aromatic rings. The normalized spacial score (nSPS) is 24.4. The summed E-state index contributed by atoms with van der Waals surface area (Å²) >= 11 is 0. The van der Waals surface area contributed by atoms with Gasteiger partial charge in [-0.1, -0.05) is 20.3 Å². The second-order valence-corrected chi connectivity index (χ2v) is 5.53. The molecule has 1 saturated carbocycles. The van der Waals surface area contributed by atoms with E-state index in [1.165, 1.54) is 31.4 Å². The number of aromatic nitrogens is 2. The van der Waals surface area contributed by atoms with Crippen LogP contribution in [-0.2, 0) is 13.1 Å². The highest BCUT2D eigenvalue weighted by molar-refractivity contribution is 5.03. The Hall–Kier alpha value is -0.830. The van der Waals surface area contributed by atoms with Crippen molar-refractivity contribution in [3.8, 4) is 0 Å². The number of nitrogens with zero attached hydrogens (tertiary/aromatic N) is 2. The molecule has 1 aliphatic carbocycles. The first-order valence-corrected chi connectivity index (χ1v) is 7.00. The fourth-order valence-electron chi connectivity index (χ4n) is 2.78. The van der Waals surface area contributed by atoms with Gasteiger partial charge in [0, 0.05) is 24.8 Å². The fourth-order valence-corrected chi connectivity index (χ4v) is 2.78. The minimum atomic E-state index is 0.899. The summed E-state index contributed by atoms with van der Waals surface area (Å²) in [6, 6.07) is 0. The van der Waals surface area contributed by atoms with Gasteiger partial charge in [-0.15, -0.1) is 0 Å². The molecule has 0 aromatic carbocycles. The fraction of sp³-hybridized carbons (Fsp3) is 0.786. The van der Waals surface area contributed by atoms with E-state index in [1.807, 2.05) is 10.9 Å². The molecule has 0 amide bonds. The van der Waals surface area contributed by atoms with E-state index in [2.05, 4.69) is 30.5 Å². The Morgan fingerprint density at radius 3 is 3.06 bits per heavy atom. The summed E-state index contributed by atoms with van der Waals surface area (Å²) in [5.41, 5.74) is 1.31. The lowest BCUT2D eigenvalue weighted by atomic mass is 10.1. The van der Waals surface area contributed by atoms with Crippen molar-refractivity contribution in [3.63, 3.8) is 0 Å². The van der Waals surface area contributed by atoms with Crippen LogP contribution in [0.25, 0.3) is 0 Å². The van der Waals surface area contributed by atoms with Crippen LogP contribution in [0, 0.1) is 11.8 Å². The Bertz CT molecular complexity index is 332. The molecule has 1 fully saturated rings. The lowest BCUT2D eigenvalue weighted by molar-refractivity contribution is 0.470. The van der Waals surface area contributed by atoms with Crippen molar-refractivity contribution < 1.29 is 0 Å². The summed E-state index contributed by atoms with van der Waals surface area (Å²) < 4.78 is 2.04. The molecule has 2 atom stereocenters. The van der Waals surface area contributed by atoms with Crippen molar-refractivity contribution in [2.75, 3.05) is 6.54 Å². The zero-order valence-corrected chi connectivity index (χ0v) is 11.2. The summed E-state index contributed by atoms with van der Waals surface area (Å²) in [6.45, 7) is 7.72. The van der Waals surface area contributed by atoms with Crippen molar-refractivity contribution >= 4 is 0 Å². The number of nitrogens with one attached hydrogen (secondary N) is 1. The molecule has 96 valence electrons. The molecule has 1 N–H and O–H groups in total. The average molecular weight is 235 g/mol. The van der Waals surface area contributed by atoms with Gasteiger partial charge >= 0.3 is 0 Å². The highest BCUT2D eigenvalue weighted by Crippen LogP contribution is 2.29. The first kappa shape index (κ1) is 12.6. The van der Waals surface area contributed by atoms with Crippen LogP contribution in [-0.4, -0.2) is 16.3 Å². The maximum absolute atomic E-state index is 4.35. The third-order valence-electron chi connectivity index (χ3n) is 3.70. The van der Waals surface area contributed by atoms with Gasteiger partial charge in [-0.2, -0.15) is 5.10 Å². The molecule has 0 spiro atoms. The lowest BCUT2D eigenvalue weighted by Gasteiger charge is -2.10. The monoisotopic (exact) mass is 235 g/mol. The summed E-state index contributed by atoms with van der Waals surface area (Å²) in [6.07, 6.45) is 9.52. The number of rotatable bonds is 6. The SMILES string of the molecule is CCCn1cc(CNCC2CCC(C)C2)cn1. The van der Waals surface area contributed by atoms with Gasteiger partial charge < -0.3 is 5.32 Å². The molecular weight excluding hydrogens is 210 g/mol. The van der Waals surface area contributed by atoms with E-state index in [1.54, 1.807) is 0 Å². The van der Waals surface area contributed by atoms with Crippen LogP contribution in [0.1, 0.15) is 45.1 Å². The molecule has 1 aromatic heterocycles. The van der Waals surface area contributed by atoms with E-state index < -0.39 is 0 Å². The second-order valence-electron chi connectivity index (χ2n) is 5.53. The molecule has 3 nitrogen and oxygen atoms in total. The lowest BCUT2D eigenvalue weighted by Crippen LogP contribution is -2.20. The minimum absolute atomic E-state index is 0.899. The highest BCUT2D eigenvalue weighted by Gasteiger charge is 2.20. The van der Waals surface area contributed by atoms with Crippen LogP contribution < -0.4 is 5.32 Å². The van der Waals surface area contributed by atoms with Crippen LogP contribution in [0.2, 0.25) is 0 Å². The van der Waals surface area contributed by atoms with Crippen LogP contribution in [0.3, 0.4) is 0 Å². The van der Waals surface area contributed by atoms with Gasteiger partial charge in [0.25, 0.3) is 0 Å². The van der Waals surface area contributed by atoms with Gasteiger partial charge in [0.05, 0.1) is 6.20 Å². The van der Waals surface area contributed by atoms with Gasteiger partial charge in [0.1, 0.15) is 0 Å². The van der Waals surface area contributed by atoms with E-state index in [4.69, 9.17) is 0 Å². The number of hydrogen-bond donors (Lipinski definition) is 1. The standard InChI is InChI=1S/C14H25N3/c1-3-6-17-11-14(10-16-17)9-15-8-13-5-4-12(2)7-13/h10-13,15H,3-9H2,1-2H3. The zero-order valence-electron chi connectivity index (χ0n) is 11.2. The van der Waals surface area contributed by atoms with Crippen molar-refractivity contribution in [1.82, 2.24) is 15.1 Å². The van der Waals surface area contributed by atoms with Crippen molar-refractivity contribution in [2.45, 2.75) is 52.6 Å². The van der Waals surface area contributed by atoms with Crippen molar-refractivity contribution in [1.29, 1.82) is 0 Å². The molecule has 3 heteroatoms. The molecule has 0 aliphatic heterocycles. The Kier molecular flexibility index (Phi) is 4.60. The van der Waals surface area contributed by atoms with Gasteiger partial charge in [0.2, 0.25) is 0 Å². The van der Waals surface area contributed by atoms with Crippen molar-refractivity contribution in [2.24, 2.45) is 11.8 Å². The summed E-state index contributed by atoms with van der Waals surface area (Å²) in [5.74, 6) is 1.84. The second kappa shape index (κ2) is 6.20. The van der Waals surface area contributed by atoms with E-state index >= 15 is 0 Å². The first-order chi connectivity index (χ1) is 8.28. The molecule has 2 unspecified atom stereocenters. The smallest absolute Gasteiger partial charge is 0.0534 e. The largest absolute Gasteiger partial charge is 0.312 e. The maximum atomic E-state index is 4.35. The predicted octanol–water partition coefficient (Wildman–Crippen LogP) is 2.82. The van der Waals surface area contributed by atoms with Gasteiger partial charge in [-0.05, 0) is 37.6 Å². The van der Waals surface area contributed by atoms with E-state index in [9.17, 15) is 0 Å². The maximum Gasteiger partial charge on any atom is 0.0534 e. The molecule has 0 bridgehead atoms. The molecule has 1 aliphatic rings. The summed E-state index contributed by atoms with van der Waals surface area (Å²) in [4.78, 5) is 0. The Balaban J connectivity index is 1.67. The quantitative estimate of drug-likeness (QED) is 0.821. The zero-order chi connectivity index (χ0) is 12.1. The van der Waals surface area contributed by atoms with E-state index in [0.29, 0.717) is 0 Å². The third kappa shape index (κ3) is 3.84. The van der Waals surface area contributed by atoms with Gasteiger partial charge in [-0.25, -0.2) is 0 Å². The Morgan fingerprint density at radius 2 is 2.35 bits per heavy atom. The number of hydrogen-bond acceptors (Lipinski definition) is 2.